The van der Waals surface area contributed by atoms with E-state index >= 15 is 0 Å². The van der Waals surface area contributed by atoms with Crippen molar-refractivity contribution in [3.8, 4) is 33.4 Å². The van der Waals surface area contributed by atoms with Crippen molar-refractivity contribution in [2.45, 2.75) is 0 Å². The highest BCUT2D eigenvalue weighted by Gasteiger charge is 2.24. The molecule has 0 aliphatic heterocycles. The van der Waals surface area contributed by atoms with Gasteiger partial charge in [0, 0.05) is 17.1 Å². The Morgan fingerprint density at radius 1 is 0.385 bits per heavy atom. The van der Waals surface area contributed by atoms with Gasteiger partial charge < -0.3 is 4.90 Å². The minimum atomic E-state index is -0.602. The van der Waals surface area contributed by atoms with E-state index in [1.165, 1.54) is 4.90 Å². The van der Waals surface area contributed by atoms with Gasteiger partial charge in [-0.1, -0.05) is 84.8 Å². The molecular weight excluding hydrogens is 470 g/mol. The van der Waals surface area contributed by atoms with Gasteiger partial charge in [0.05, 0.1) is 13.7 Å². The van der Waals surface area contributed by atoms with Crippen LogP contribution in [0, 0.1) is 0 Å². The van der Waals surface area contributed by atoms with E-state index in [4.69, 9.17) is 13.7 Å². The van der Waals surface area contributed by atoms with Crippen LogP contribution in [0.4, 0.5) is 17.1 Å². The highest BCUT2D eigenvalue weighted by molar-refractivity contribution is 6.12. The Kier molecular flexibility index (Phi) is 3.16. The smallest absolute Gasteiger partial charge is 0.0645 e. The van der Waals surface area contributed by atoms with E-state index in [0.717, 1.165) is 54.9 Å². The summed E-state index contributed by atoms with van der Waals surface area (Å²) in [6, 6.07) is 24.5. The van der Waals surface area contributed by atoms with Gasteiger partial charge in [-0.3, -0.25) is 0 Å². The van der Waals surface area contributed by atoms with Gasteiger partial charge in [0.2, 0.25) is 0 Å². The van der Waals surface area contributed by atoms with Crippen LogP contribution >= 0.6 is 0 Å². The highest BCUT2D eigenvalue weighted by Crippen LogP contribution is 2.51. The summed E-state index contributed by atoms with van der Waals surface area (Å²) in [4.78, 5) is 1.19. The first-order valence-corrected chi connectivity index (χ1v) is 12.6. The molecule has 0 radical (unpaired) electrons. The fourth-order valence-corrected chi connectivity index (χ4v) is 5.44. The zero-order valence-corrected chi connectivity index (χ0v) is 20.6. The van der Waals surface area contributed by atoms with Crippen molar-refractivity contribution in [3.63, 3.8) is 0 Å². The maximum absolute atomic E-state index is 8.74. The normalized spacial score (nSPS) is 15.2. The van der Waals surface area contributed by atoms with Crippen LogP contribution in [0.2, 0.25) is 0 Å². The number of hydrogen-bond acceptors (Lipinski definition) is 1. The third-order valence-corrected chi connectivity index (χ3v) is 7.30. The summed E-state index contributed by atoms with van der Waals surface area (Å²) >= 11 is 0. The summed E-state index contributed by atoms with van der Waals surface area (Å²) in [5, 5.41) is 3.89. The number of benzene rings is 7. The SMILES string of the molecule is [2H]c1c([2H])c([2H])c(N(c2ccc3cc4c(cc3c2)-c2cc3cc(-c5ccccc5)ccc3cc2-4)c2c([2H])c([2H])c([2H])c([2H])c2[2H])c([2H])c1[2H]. The van der Waals surface area contributed by atoms with Crippen LogP contribution in [0.1, 0.15) is 13.7 Å². The van der Waals surface area contributed by atoms with Gasteiger partial charge in [-0.25, -0.2) is 0 Å². The molecule has 0 bridgehead atoms. The molecule has 1 aliphatic rings. The molecule has 39 heavy (non-hydrogen) atoms. The summed E-state index contributed by atoms with van der Waals surface area (Å²) < 4.78 is 84.5. The zero-order chi connectivity index (χ0) is 34.5. The Morgan fingerprint density at radius 2 is 0.897 bits per heavy atom. The molecule has 0 spiro atoms. The lowest BCUT2D eigenvalue weighted by Crippen LogP contribution is -2.09. The van der Waals surface area contributed by atoms with Crippen molar-refractivity contribution in [1.82, 2.24) is 0 Å². The van der Waals surface area contributed by atoms with Gasteiger partial charge in [0.1, 0.15) is 0 Å². The zero-order valence-electron chi connectivity index (χ0n) is 30.6. The molecule has 182 valence electrons. The molecule has 0 saturated heterocycles. The van der Waals surface area contributed by atoms with E-state index in [-0.39, 0.29) is 17.1 Å². The van der Waals surface area contributed by atoms with Gasteiger partial charge in [-0.2, -0.15) is 0 Å². The molecule has 8 rings (SSSR count). The Morgan fingerprint density at radius 3 is 1.49 bits per heavy atom. The summed E-state index contributed by atoms with van der Waals surface area (Å²) in [6.45, 7) is 0. The van der Waals surface area contributed by atoms with Crippen molar-refractivity contribution in [3.05, 3.63) is 151 Å². The Hall–Kier alpha value is -5.14. The fourth-order valence-electron chi connectivity index (χ4n) is 5.44. The molecule has 0 heterocycles. The number of anilines is 3. The molecule has 1 nitrogen and oxygen atoms in total. The second-order valence-corrected chi connectivity index (χ2v) is 9.54. The van der Waals surface area contributed by atoms with E-state index in [0.29, 0.717) is 0 Å². The molecule has 0 fully saturated rings. The van der Waals surface area contributed by atoms with Crippen molar-refractivity contribution < 1.29 is 13.7 Å². The van der Waals surface area contributed by atoms with Crippen LogP contribution in [0.5, 0.6) is 0 Å². The molecule has 1 aliphatic carbocycles. The molecule has 0 atom stereocenters. The van der Waals surface area contributed by atoms with E-state index < -0.39 is 60.4 Å². The fraction of sp³-hybridized carbons (Fsp3) is 0. The maximum atomic E-state index is 8.74. The van der Waals surface area contributed by atoms with Crippen LogP contribution in [0.3, 0.4) is 0 Å². The first-order valence-electron chi connectivity index (χ1n) is 17.6. The number of rotatable bonds is 4. The standard InChI is InChI=1S/C38H25N/c1-4-10-26(11-5-1)27-16-17-28-22-35-36-23-29-18-19-34(21-31(29)25-38(36)37(35)24-30(28)20-27)39(32-12-6-2-7-13-32)33-14-8-3-9-15-33/h1-25H/i2D,3D,6D,7D,8D,9D,12D,13D,14D,15D. The topological polar surface area (TPSA) is 3.24 Å². The number of fused-ring (bicyclic) bond motifs is 6. The van der Waals surface area contributed by atoms with E-state index in [9.17, 15) is 0 Å². The first kappa shape index (κ1) is 14.1. The van der Waals surface area contributed by atoms with Crippen LogP contribution in [-0.4, -0.2) is 0 Å². The van der Waals surface area contributed by atoms with Crippen molar-refractivity contribution in [2.24, 2.45) is 0 Å². The number of nitrogens with zero attached hydrogens (tertiary/aromatic N) is 1. The van der Waals surface area contributed by atoms with Crippen molar-refractivity contribution >= 4 is 38.6 Å². The van der Waals surface area contributed by atoms with Gasteiger partial charge in [0.25, 0.3) is 0 Å². The summed E-state index contributed by atoms with van der Waals surface area (Å²) in [7, 11) is 0. The monoisotopic (exact) mass is 505 g/mol. The number of hydrogen-bond donors (Lipinski definition) is 0. The summed E-state index contributed by atoms with van der Waals surface area (Å²) in [5.74, 6) is 0. The minimum Gasteiger partial charge on any atom is -0.310 e. The molecule has 0 saturated carbocycles. The molecular formula is C38H25N. The van der Waals surface area contributed by atoms with Crippen LogP contribution in [0.25, 0.3) is 54.9 Å². The quantitative estimate of drug-likeness (QED) is 0.230. The lowest BCUT2D eigenvalue weighted by molar-refractivity contribution is 1.29. The Labute approximate surface area is 242 Å². The molecule has 1 heteroatoms. The third-order valence-electron chi connectivity index (χ3n) is 7.30. The van der Waals surface area contributed by atoms with Gasteiger partial charge >= 0.3 is 0 Å². The Bertz CT molecular complexity index is 2440. The maximum Gasteiger partial charge on any atom is 0.0645 e. The summed E-state index contributed by atoms with van der Waals surface area (Å²) in [6.07, 6.45) is 0. The summed E-state index contributed by atoms with van der Waals surface area (Å²) in [5.41, 5.74) is 6.24. The molecule has 7 aromatic rings. The lowest BCUT2D eigenvalue weighted by Gasteiger charge is -2.28. The van der Waals surface area contributed by atoms with E-state index in [2.05, 4.69) is 48.5 Å². The molecule has 0 N–H and O–H groups in total. The minimum absolute atomic E-state index is 0.273. The molecule has 0 unspecified atom stereocenters. The van der Waals surface area contributed by atoms with Crippen LogP contribution < -0.4 is 4.90 Å². The van der Waals surface area contributed by atoms with Gasteiger partial charge in [-0.05, 0) is 122 Å². The second kappa shape index (κ2) is 8.72. The average molecular weight is 506 g/mol. The predicted molar refractivity (Wildman–Crippen MR) is 166 cm³/mol. The van der Waals surface area contributed by atoms with E-state index in [1.807, 2.05) is 30.3 Å². The second-order valence-electron chi connectivity index (χ2n) is 9.54. The van der Waals surface area contributed by atoms with Crippen molar-refractivity contribution in [2.75, 3.05) is 4.90 Å². The first-order chi connectivity index (χ1) is 23.5. The number of para-hydroxylation sites is 2. The average Bonchev–Trinajstić information content (AvgIpc) is 3.12. The van der Waals surface area contributed by atoms with Gasteiger partial charge in [-0.15, -0.1) is 0 Å². The highest BCUT2D eigenvalue weighted by atomic mass is 15.1. The molecule has 7 aromatic carbocycles. The van der Waals surface area contributed by atoms with Crippen LogP contribution in [0.15, 0.2) is 151 Å². The Balaban J connectivity index is 1.32. The molecule has 0 amide bonds. The van der Waals surface area contributed by atoms with Gasteiger partial charge in [0.15, 0.2) is 0 Å². The molecule has 0 aromatic heterocycles. The van der Waals surface area contributed by atoms with Crippen LogP contribution in [-0.2, 0) is 0 Å². The largest absolute Gasteiger partial charge is 0.310 e. The third kappa shape index (κ3) is 3.63. The van der Waals surface area contributed by atoms with Crippen molar-refractivity contribution in [1.29, 1.82) is 0 Å². The lowest BCUT2D eigenvalue weighted by atomic mass is 9.77. The van der Waals surface area contributed by atoms with E-state index in [1.54, 1.807) is 12.1 Å². The predicted octanol–water partition coefficient (Wildman–Crippen LogP) is 10.8.